The Balaban J connectivity index is 1.89. The molecular weight excluding hydrogens is 271 g/mol. The van der Waals surface area contributed by atoms with E-state index in [1.807, 2.05) is 6.07 Å². The summed E-state index contributed by atoms with van der Waals surface area (Å²) in [6.45, 7) is 2.46. The largest absolute Gasteiger partial charge is 0.494 e. The second-order valence-electron chi connectivity index (χ2n) is 5.75. The molecular formula is C16H23FN2O2. The summed E-state index contributed by atoms with van der Waals surface area (Å²) < 4.78 is 18.6. The number of carbonyl (C=O) groups is 1. The Labute approximate surface area is 125 Å². The van der Waals surface area contributed by atoms with Crippen molar-refractivity contribution in [3.8, 4) is 5.75 Å². The summed E-state index contributed by atoms with van der Waals surface area (Å²) in [6, 6.07) is 5.07. The summed E-state index contributed by atoms with van der Waals surface area (Å²) in [5, 5.41) is 0. The van der Waals surface area contributed by atoms with Crippen molar-refractivity contribution in [2.45, 2.75) is 19.4 Å². The van der Waals surface area contributed by atoms with Crippen LogP contribution in [0.4, 0.5) is 4.39 Å². The molecule has 0 spiro atoms. The fraction of sp³-hybridized carbons (Fsp3) is 0.562. The van der Waals surface area contributed by atoms with Gasteiger partial charge in [0.1, 0.15) is 0 Å². The fourth-order valence-electron chi connectivity index (χ4n) is 2.77. The summed E-state index contributed by atoms with van der Waals surface area (Å²) in [5.41, 5.74) is 0.936. The average molecular weight is 294 g/mol. The van der Waals surface area contributed by atoms with Crippen molar-refractivity contribution in [3.63, 3.8) is 0 Å². The zero-order valence-electron chi connectivity index (χ0n) is 12.9. The lowest BCUT2D eigenvalue weighted by Crippen LogP contribution is -2.39. The monoisotopic (exact) mass is 294 g/mol. The Bertz CT molecular complexity index is 497. The number of piperidine rings is 1. The molecule has 0 bridgehead atoms. The van der Waals surface area contributed by atoms with Crippen LogP contribution >= 0.6 is 0 Å². The summed E-state index contributed by atoms with van der Waals surface area (Å²) in [6.07, 6.45) is 1.74. The number of halogens is 1. The van der Waals surface area contributed by atoms with Gasteiger partial charge in [0.25, 0.3) is 0 Å². The van der Waals surface area contributed by atoms with Gasteiger partial charge in [0.05, 0.1) is 7.11 Å². The Morgan fingerprint density at radius 3 is 2.57 bits per heavy atom. The number of benzene rings is 1. The first-order chi connectivity index (χ1) is 10.0. The third-order valence-corrected chi connectivity index (χ3v) is 4.00. The van der Waals surface area contributed by atoms with Crippen LogP contribution in [-0.4, -0.2) is 50.0 Å². The minimum Gasteiger partial charge on any atom is -0.494 e. The molecule has 0 saturated carbocycles. The number of hydrogen-bond donors (Lipinski definition) is 0. The molecule has 1 aliphatic heterocycles. The van der Waals surface area contributed by atoms with E-state index >= 15 is 0 Å². The third kappa shape index (κ3) is 3.94. The number of likely N-dealkylation sites (tertiary alicyclic amines) is 1. The first-order valence-corrected chi connectivity index (χ1v) is 7.27. The number of methoxy groups -OCH3 is 1. The van der Waals surface area contributed by atoms with Crippen molar-refractivity contribution in [1.29, 1.82) is 0 Å². The van der Waals surface area contributed by atoms with Gasteiger partial charge in [-0.3, -0.25) is 9.69 Å². The molecule has 0 unspecified atom stereocenters. The SMILES string of the molecule is COc1ccc(CN2CCC(C(=O)N(C)C)CC2)cc1F. The highest BCUT2D eigenvalue weighted by atomic mass is 19.1. The summed E-state index contributed by atoms with van der Waals surface area (Å²) >= 11 is 0. The normalized spacial score (nSPS) is 16.8. The van der Waals surface area contributed by atoms with Gasteiger partial charge in [-0.2, -0.15) is 0 Å². The second-order valence-corrected chi connectivity index (χ2v) is 5.75. The molecule has 1 amide bonds. The van der Waals surface area contributed by atoms with Gasteiger partial charge >= 0.3 is 0 Å². The molecule has 4 nitrogen and oxygen atoms in total. The zero-order valence-corrected chi connectivity index (χ0v) is 12.9. The standard InChI is InChI=1S/C16H23FN2O2/c1-18(2)16(20)13-6-8-19(9-7-13)11-12-4-5-15(21-3)14(17)10-12/h4-5,10,13H,6-9,11H2,1-3H3. The number of carbonyl (C=O) groups excluding carboxylic acids is 1. The number of amides is 1. The van der Waals surface area contributed by atoms with E-state index in [1.165, 1.54) is 13.2 Å². The van der Waals surface area contributed by atoms with Crippen LogP contribution in [0.3, 0.4) is 0 Å². The van der Waals surface area contributed by atoms with E-state index in [0.717, 1.165) is 31.5 Å². The molecule has 0 N–H and O–H groups in total. The van der Waals surface area contributed by atoms with E-state index in [2.05, 4.69) is 4.90 Å². The summed E-state index contributed by atoms with van der Waals surface area (Å²) in [7, 11) is 5.06. The second kappa shape index (κ2) is 6.89. The van der Waals surface area contributed by atoms with E-state index in [9.17, 15) is 9.18 Å². The van der Waals surface area contributed by atoms with Crippen LogP contribution in [0.15, 0.2) is 18.2 Å². The van der Waals surface area contributed by atoms with Crippen LogP contribution in [-0.2, 0) is 11.3 Å². The highest BCUT2D eigenvalue weighted by Gasteiger charge is 2.25. The van der Waals surface area contributed by atoms with Gasteiger partial charge in [0, 0.05) is 26.6 Å². The maximum Gasteiger partial charge on any atom is 0.225 e. The van der Waals surface area contributed by atoms with Crippen molar-refractivity contribution in [2.75, 3.05) is 34.3 Å². The van der Waals surface area contributed by atoms with Crippen molar-refractivity contribution < 1.29 is 13.9 Å². The smallest absolute Gasteiger partial charge is 0.225 e. The van der Waals surface area contributed by atoms with Gasteiger partial charge in [0.15, 0.2) is 11.6 Å². The molecule has 1 aromatic rings. The van der Waals surface area contributed by atoms with E-state index in [0.29, 0.717) is 6.54 Å². The lowest BCUT2D eigenvalue weighted by atomic mass is 9.95. The molecule has 1 saturated heterocycles. The predicted molar refractivity (Wildman–Crippen MR) is 79.6 cm³/mol. The summed E-state index contributed by atoms with van der Waals surface area (Å²) in [4.78, 5) is 15.9. The van der Waals surface area contributed by atoms with Crippen LogP contribution in [0.2, 0.25) is 0 Å². The van der Waals surface area contributed by atoms with Crippen molar-refractivity contribution in [2.24, 2.45) is 5.92 Å². The fourth-order valence-corrected chi connectivity index (χ4v) is 2.77. The van der Waals surface area contributed by atoms with Gasteiger partial charge in [-0.25, -0.2) is 4.39 Å². The molecule has 5 heteroatoms. The number of ether oxygens (including phenoxy) is 1. The number of hydrogen-bond acceptors (Lipinski definition) is 3. The first kappa shape index (κ1) is 15.8. The molecule has 21 heavy (non-hydrogen) atoms. The van der Waals surface area contributed by atoms with Crippen LogP contribution in [0.5, 0.6) is 5.75 Å². The Morgan fingerprint density at radius 2 is 2.05 bits per heavy atom. The van der Waals surface area contributed by atoms with Gasteiger partial charge in [-0.1, -0.05) is 6.07 Å². The molecule has 1 fully saturated rings. The molecule has 116 valence electrons. The lowest BCUT2D eigenvalue weighted by Gasteiger charge is -2.32. The molecule has 0 atom stereocenters. The van der Waals surface area contributed by atoms with Gasteiger partial charge in [-0.15, -0.1) is 0 Å². The molecule has 2 rings (SSSR count). The Hall–Kier alpha value is -1.62. The maximum atomic E-state index is 13.7. The van der Waals surface area contributed by atoms with Crippen molar-refractivity contribution in [3.05, 3.63) is 29.6 Å². The molecule has 0 aliphatic carbocycles. The quantitative estimate of drug-likeness (QED) is 0.853. The predicted octanol–water partition coefficient (Wildman–Crippen LogP) is 2.13. The third-order valence-electron chi connectivity index (χ3n) is 4.00. The Kier molecular flexibility index (Phi) is 5.17. The number of nitrogens with zero attached hydrogens (tertiary/aromatic N) is 2. The van der Waals surface area contributed by atoms with Crippen LogP contribution in [0.1, 0.15) is 18.4 Å². The van der Waals surface area contributed by atoms with E-state index < -0.39 is 0 Å². The van der Waals surface area contributed by atoms with Gasteiger partial charge in [-0.05, 0) is 43.6 Å². The van der Waals surface area contributed by atoms with Gasteiger partial charge < -0.3 is 9.64 Å². The minimum atomic E-state index is -0.326. The van der Waals surface area contributed by atoms with Crippen molar-refractivity contribution >= 4 is 5.91 Å². The molecule has 0 aromatic heterocycles. The van der Waals surface area contributed by atoms with Gasteiger partial charge in [0.2, 0.25) is 5.91 Å². The minimum absolute atomic E-state index is 0.129. The van der Waals surface area contributed by atoms with E-state index in [1.54, 1.807) is 25.1 Å². The molecule has 1 aromatic carbocycles. The zero-order chi connectivity index (χ0) is 15.4. The summed E-state index contributed by atoms with van der Waals surface area (Å²) in [5.74, 6) is 0.288. The maximum absolute atomic E-state index is 13.7. The highest BCUT2D eigenvalue weighted by molar-refractivity contribution is 5.78. The van der Waals surface area contributed by atoms with Crippen molar-refractivity contribution in [1.82, 2.24) is 9.80 Å². The van der Waals surface area contributed by atoms with Crippen LogP contribution in [0, 0.1) is 11.7 Å². The Morgan fingerprint density at radius 1 is 1.38 bits per heavy atom. The molecule has 0 radical (unpaired) electrons. The first-order valence-electron chi connectivity index (χ1n) is 7.27. The highest BCUT2D eigenvalue weighted by Crippen LogP contribution is 2.22. The average Bonchev–Trinajstić information content (AvgIpc) is 2.47. The lowest BCUT2D eigenvalue weighted by molar-refractivity contribution is -0.134. The van der Waals surface area contributed by atoms with E-state index in [4.69, 9.17) is 4.74 Å². The van der Waals surface area contributed by atoms with E-state index in [-0.39, 0.29) is 23.4 Å². The number of rotatable bonds is 4. The topological polar surface area (TPSA) is 32.8 Å². The molecule has 1 aliphatic rings. The van der Waals surface area contributed by atoms with Crippen LogP contribution in [0.25, 0.3) is 0 Å². The molecule has 1 heterocycles. The van der Waals surface area contributed by atoms with Crippen LogP contribution < -0.4 is 4.74 Å².